The fourth-order valence-electron chi connectivity index (χ4n) is 1.89. The van der Waals surface area contributed by atoms with Crippen molar-refractivity contribution in [3.63, 3.8) is 0 Å². The van der Waals surface area contributed by atoms with E-state index in [0.29, 0.717) is 16.9 Å². The number of nitrogens with one attached hydrogen (secondary N) is 1. The summed E-state index contributed by atoms with van der Waals surface area (Å²) in [6, 6.07) is 2.67. The van der Waals surface area contributed by atoms with Crippen LogP contribution in [0, 0.1) is 0 Å². The first-order valence-electron chi connectivity index (χ1n) is 7.08. The van der Waals surface area contributed by atoms with Gasteiger partial charge in [-0.1, -0.05) is 11.6 Å². The van der Waals surface area contributed by atoms with Crippen molar-refractivity contribution < 1.29 is 26.4 Å². The van der Waals surface area contributed by atoms with Crippen LogP contribution in [-0.4, -0.2) is 59.2 Å². The Hall–Kier alpha value is -1.52. The predicted octanol–water partition coefficient (Wildman–Crippen LogP) is 1.80. The lowest BCUT2D eigenvalue weighted by Gasteiger charge is -2.23. The van der Waals surface area contributed by atoms with Crippen molar-refractivity contribution in [3.05, 3.63) is 28.8 Å². The second-order valence-corrected chi connectivity index (χ2v) is 7.90. The van der Waals surface area contributed by atoms with E-state index in [-0.39, 0.29) is 12.2 Å². The Morgan fingerprint density at radius 1 is 1.28 bits per heavy atom. The fourth-order valence-corrected chi connectivity index (χ4v) is 2.96. The summed E-state index contributed by atoms with van der Waals surface area (Å²) in [5, 5.41) is 1.95. The number of carbonyl (C=O) groups is 1. The van der Waals surface area contributed by atoms with Gasteiger partial charge in [0, 0.05) is 13.1 Å². The number of likely N-dealkylation sites (N-methyl/N-ethyl adjacent to an activating group) is 1. The number of benzene rings is 1. The van der Waals surface area contributed by atoms with Gasteiger partial charge in [-0.2, -0.15) is 13.2 Å². The summed E-state index contributed by atoms with van der Waals surface area (Å²) in [4.78, 5) is 13.7. The van der Waals surface area contributed by atoms with E-state index < -0.39 is 39.2 Å². The van der Waals surface area contributed by atoms with E-state index in [4.69, 9.17) is 11.6 Å². The van der Waals surface area contributed by atoms with Crippen LogP contribution in [0.15, 0.2) is 18.2 Å². The number of carbonyl (C=O) groups excluding carboxylic acids is 1. The highest BCUT2D eigenvalue weighted by atomic mass is 35.5. The zero-order valence-corrected chi connectivity index (χ0v) is 15.5. The number of rotatable bonds is 7. The summed E-state index contributed by atoms with van der Waals surface area (Å²) in [6.07, 6.45) is -3.94. The molecule has 0 radical (unpaired) electrons. The monoisotopic (exact) mass is 401 g/mol. The van der Waals surface area contributed by atoms with Gasteiger partial charge in [0.25, 0.3) is 0 Å². The average molecular weight is 402 g/mol. The number of sulfonamides is 1. The largest absolute Gasteiger partial charge is 0.417 e. The molecule has 0 fully saturated rings. The zero-order valence-electron chi connectivity index (χ0n) is 13.9. The van der Waals surface area contributed by atoms with Gasteiger partial charge in [0.05, 0.1) is 22.5 Å². The molecule has 0 saturated heterocycles. The van der Waals surface area contributed by atoms with Crippen LogP contribution in [0.2, 0.25) is 5.02 Å². The van der Waals surface area contributed by atoms with Crippen LogP contribution in [-0.2, 0) is 21.0 Å². The van der Waals surface area contributed by atoms with Crippen molar-refractivity contribution in [2.75, 3.05) is 44.3 Å². The number of alkyl halides is 3. The summed E-state index contributed by atoms with van der Waals surface area (Å²) < 4.78 is 63.3. The van der Waals surface area contributed by atoms with Crippen LogP contribution < -0.4 is 9.62 Å². The van der Waals surface area contributed by atoms with Crippen molar-refractivity contribution in [1.29, 1.82) is 0 Å². The van der Waals surface area contributed by atoms with E-state index in [0.717, 1.165) is 18.4 Å². The van der Waals surface area contributed by atoms with Crippen LogP contribution in [0.1, 0.15) is 5.56 Å². The quantitative estimate of drug-likeness (QED) is 0.756. The minimum atomic E-state index is -4.75. The van der Waals surface area contributed by atoms with Gasteiger partial charge in [0.1, 0.15) is 6.54 Å². The van der Waals surface area contributed by atoms with Crippen LogP contribution in [0.4, 0.5) is 18.9 Å². The lowest BCUT2D eigenvalue weighted by molar-refractivity contribution is -0.137. The SMILES string of the molecule is CN(C)CCNC(=O)CN(c1ccc(Cl)c(C(F)(F)F)c1)S(C)(=O)=O. The van der Waals surface area contributed by atoms with Gasteiger partial charge in [-0.3, -0.25) is 9.10 Å². The number of hydrogen-bond donors (Lipinski definition) is 1. The van der Waals surface area contributed by atoms with Crippen molar-refractivity contribution in [2.24, 2.45) is 0 Å². The Morgan fingerprint density at radius 2 is 1.88 bits per heavy atom. The molecule has 1 aromatic rings. The molecule has 0 aromatic heterocycles. The highest BCUT2D eigenvalue weighted by Crippen LogP contribution is 2.37. The first-order chi connectivity index (χ1) is 11.3. The Labute approximate surface area is 149 Å². The standard InChI is InChI=1S/C14H19ClF3N3O3S/c1-20(2)7-6-19-13(22)9-21(25(3,23)24)10-4-5-12(15)11(8-10)14(16,17)18/h4-5,8H,6-7,9H2,1-3H3,(H,19,22). The van der Waals surface area contributed by atoms with Gasteiger partial charge in [0.15, 0.2) is 0 Å². The third-order valence-electron chi connectivity index (χ3n) is 3.11. The molecule has 1 N–H and O–H groups in total. The molecule has 6 nitrogen and oxygen atoms in total. The van der Waals surface area contributed by atoms with Gasteiger partial charge in [0.2, 0.25) is 15.9 Å². The van der Waals surface area contributed by atoms with Crippen molar-refractivity contribution >= 4 is 33.2 Å². The van der Waals surface area contributed by atoms with Crippen LogP contribution >= 0.6 is 11.6 Å². The number of amides is 1. The van der Waals surface area contributed by atoms with Crippen LogP contribution in [0.25, 0.3) is 0 Å². The lowest BCUT2D eigenvalue weighted by Crippen LogP contribution is -2.42. The molecule has 25 heavy (non-hydrogen) atoms. The third-order valence-corrected chi connectivity index (χ3v) is 4.58. The summed E-state index contributed by atoms with van der Waals surface area (Å²) in [5.41, 5.74) is -1.46. The number of nitrogens with zero attached hydrogens (tertiary/aromatic N) is 2. The molecule has 0 atom stereocenters. The van der Waals surface area contributed by atoms with Crippen LogP contribution in [0.3, 0.4) is 0 Å². The van der Waals surface area contributed by atoms with Gasteiger partial charge in [-0.05, 0) is 32.3 Å². The molecular formula is C14H19ClF3N3O3S. The number of hydrogen-bond acceptors (Lipinski definition) is 4. The summed E-state index contributed by atoms with van der Waals surface area (Å²) in [5.74, 6) is -0.629. The molecule has 1 rings (SSSR count). The van der Waals surface area contributed by atoms with E-state index in [1.54, 1.807) is 14.1 Å². The number of anilines is 1. The molecule has 0 aliphatic carbocycles. The zero-order chi connectivity index (χ0) is 19.4. The first kappa shape index (κ1) is 21.5. The molecule has 142 valence electrons. The maximum absolute atomic E-state index is 13.0. The molecule has 0 saturated carbocycles. The maximum Gasteiger partial charge on any atom is 0.417 e. The van der Waals surface area contributed by atoms with Crippen molar-refractivity contribution in [1.82, 2.24) is 10.2 Å². The average Bonchev–Trinajstić information content (AvgIpc) is 2.42. The second-order valence-electron chi connectivity index (χ2n) is 5.58. The molecule has 11 heteroatoms. The smallest absolute Gasteiger partial charge is 0.353 e. The van der Waals surface area contributed by atoms with Gasteiger partial charge >= 0.3 is 6.18 Å². The molecule has 0 spiro atoms. The molecule has 0 aliphatic rings. The van der Waals surface area contributed by atoms with Crippen molar-refractivity contribution in [2.45, 2.75) is 6.18 Å². The van der Waals surface area contributed by atoms with E-state index in [2.05, 4.69) is 5.32 Å². The maximum atomic E-state index is 13.0. The highest BCUT2D eigenvalue weighted by molar-refractivity contribution is 7.92. The Kier molecular flexibility index (Phi) is 7.09. The van der Waals surface area contributed by atoms with Gasteiger partial charge in [-0.25, -0.2) is 8.42 Å². The van der Waals surface area contributed by atoms with E-state index in [9.17, 15) is 26.4 Å². The molecule has 0 heterocycles. The van der Waals surface area contributed by atoms with E-state index in [1.165, 1.54) is 0 Å². The molecule has 0 bridgehead atoms. The minimum Gasteiger partial charge on any atom is -0.353 e. The number of halogens is 4. The van der Waals surface area contributed by atoms with Gasteiger partial charge in [-0.15, -0.1) is 0 Å². The molecule has 1 aromatic carbocycles. The second kappa shape index (κ2) is 8.24. The topological polar surface area (TPSA) is 69.7 Å². The molecule has 0 unspecified atom stereocenters. The van der Waals surface area contributed by atoms with Gasteiger partial charge < -0.3 is 10.2 Å². The Morgan fingerprint density at radius 3 is 2.36 bits per heavy atom. The van der Waals surface area contributed by atoms with E-state index >= 15 is 0 Å². The minimum absolute atomic E-state index is 0.276. The Balaban J connectivity index is 3.07. The normalized spacial score (nSPS) is 12.3. The third kappa shape index (κ3) is 6.71. The Bertz CT molecular complexity index is 724. The summed E-state index contributed by atoms with van der Waals surface area (Å²) >= 11 is 5.53. The molecule has 0 aliphatic heterocycles. The molecular weight excluding hydrogens is 383 g/mol. The molecule has 1 amide bonds. The predicted molar refractivity (Wildman–Crippen MR) is 90.2 cm³/mol. The highest BCUT2D eigenvalue weighted by Gasteiger charge is 2.34. The van der Waals surface area contributed by atoms with Crippen molar-refractivity contribution in [3.8, 4) is 0 Å². The van der Waals surface area contributed by atoms with E-state index in [1.807, 2.05) is 4.90 Å². The lowest BCUT2D eigenvalue weighted by atomic mass is 10.2. The fraction of sp³-hybridized carbons (Fsp3) is 0.500. The summed E-state index contributed by atoms with van der Waals surface area (Å²) in [7, 11) is -0.392. The first-order valence-corrected chi connectivity index (χ1v) is 9.31. The van der Waals surface area contributed by atoms with Crippen LogP contribution in [0.5, 0.6) is 0 Å². The summed E-state index contributed by atoms with van der Waals surface area (Å²) in [6.45, 7) is 0.173.